The normalized spacial score (nSPS) is 19.0. The van der Waals surface area contributed by atoms with Gasteiger partial charge >= 0.3 is 0 Å². The van der Waals surface area contributed by atoms with Gasteiger partial charge in [0.1, 0.15) is 11.2 Å². The lowest BCUT2D eigenvalue weighted by molar-refractivity contribution is 0.669. The van der Waals surface area contributed by atoms with E-state index in [1.165, 1.54) is 0 Å². The Labute approximate surface area is 375 Å². The molecule has 0 saturated carbocycles. The van der Waals surface area contributed by atoms with Gasteiger partial charge in [-0.2, -0.15) is 0 Å². The molecule has 0 aliphatic rings. The van der Waals surface area contributed by atoms with E-state index in [0.29, 0.717) is 22.7 Å². The Bertz CT molecular complexity index is 5100. The van der Waals surface area contributed by atoms with Gasteiger partial charge in [-0.25, -0.2) is 15.0 Å². The van der Waals surface area contributed by atoms with E-state index in [1.54, 1.807) is 0 Å². The number of nitrogens with zero attached hydrogens (tertiary/aromatic N) is 3. The van der Waals surface area contributed by atoms with Crippen molar-refractivity contribution in [2.24, 2.45) is 0 Å². The first-order chi connectivity index (χ1) is 40.3. The Morgan fingerprint density at radius 3 is 1.75 bits per heavy atom. The minimum atomic E-state index is -0.981. The highest BCUT2D eigenvalue weighted by Crippen LogP contribution is 2.45. The van der Waals surface area contributed by atoms with Gasteiger partial charge in [-0.3, -0.25) is 0 Å². The second-order valence-corrected chi connectivity index (χ2v) is 14.1. The minimum absolute atomic E-state index is 0.0774. The number of hydrogen-bond donors (Lipinski definition) is 0. The lowest BCUT2D eigenvalue weighted by Crippen LogP contribution is -2.00. The summed E-state index contributed by atoms with van der Waals surface area (Å²) in [5.74, 6) is -2.39. The van der Waals surface area contributed by atoms with Gasteiger partial charge in [0, 0.05) is 67.8 Å². The second-order valence-electron chi connectivity index (χ2n) is 12.1. The van der Waals surface area contributed by atoms with Crippen molar-refractivity contribution < 1.29 is 44.2 Å². The summed E-state index contributed by atoms with van der Waals surface area (Å²) in [5, 5.41) is -2.16. The molecule has 6 heteroatoms. The van der Waals surface area contributed by atoms with Crippen LogP contribution in [0.1, 0.15) is 39.8 Å². The third-order valence-corrected chi connectivity index (χ3v) is 10.9. The maximum atomic E-state index is 10.1. The molecule has 0 aliphatic carbocycles. The largest absolute Gasteiger partial charge is 0.456 e. The molecule has 0 N–H and O–H groups in total. The van der Waals surface area contributed by atoms with E-state index in [2.05, 4.69) is 15.0 Å². The lowest BCUT2D eigenvalue weighted by Gasteiger charge is -2.10. The monoisotopic (exact) mass is 792 g/mol. The van der Waals surface area contributed by atoms with Gasteiger partial charge in [0.05, 0.1) is 39.8 Å². The predicted octanol–water partition coefficient (Wildman–Crippen LogP) is 14.8. The van der Waals surface area contributed by atoms with Crippen molar-refractivity contribution in [2.75, 3.05) is 0 Å². The molecule has 0 aliphatic heterocycles. The van der Waals surface area contributed by atoms with Crippen LogP contribution >= 0.6 is 22.7 Å². The Hall–Kier alpha value is -6.99. The molecule has 0 bridgehead atoms. The van der Waals surface area contributed by atoms with Crippen molar-refractivity contribution in [3.05, 3.63) is 175 Å². The maximum Gasteiger partial charge on any atom is 0.164 e. The van der Waals surface area contributed by atoms with Crippen LogP contribution in [-0.2, 0) is 0 Å². The van der Waals surface area contributed by atoms with Crippen LogP contribution in [0.15, 0.2) is 180 Å². The van der Waals surface area contributed by atoms with Crippen LogP contribution in [-0.4, -0.2) is 15.0 Å². The number of rotatable bonds is 5. The molecular weight excluding hydrogens is 735 g/mol. The number of fused-ring (bicyclic) bond motifs is 9. The summed E-state index contributed by atoms with van der Waals surface area (Å²) in [6, 6.07) is -23.2. The molecule has 57 heavy (non-hydrogen) atoms. The Balaban J connectivity index is 1.23. The highest BCUT2D eigenvalue weighted by Gasteiger charge is 2.20. The fraction of sp³-hybridized carbons (Fsp3) is 0. The van der Waals surface area contributed by atoms with E-state index >= 15 is 0 Å². The highest BCUT2D eigenvalue weighted by molar-refractivity contribution is 7.26. The predicted molar refractivity (Wildman–Crippen MR) is 240 cm³/mol. The summed E-state index contributed by atoms with van der Waals surface area (Å²) < 4.78 is 266. The fourth-order valence-corrected chi connectivity index (χ4v) is 8.33. The third-order valence-electron chi connectivity index (χ3n) is 8.84. The number of hydrogen-bond acceptors (Lipinski definition) is 6. The zero-order valence-electron chi connectivity index (χ0n) is 57.1. The fourth-order valence-electron chi connectivity index (χ4n) is 6.40. The topological polar surface area (TPSA) is 51.8 Å². The van der Waals surface area contributed by atoms with Crippen molar-refractivity contribution in [3.63, 3.8) is 0 Å². The van der Waals surface area contributed by atoms with Crippen molar-refractivity contribution in [1.29, 1.82) is 0 Å². The Kier molecular flexibility index (Phi) is 3.32. The van der Waals surface area contributed by atoms with Gasteiger partial charge < -0.3 is 4.42 Å². The van der Waals surface area contributed by atoms with E-state index in [-0.39, 0.29) is 40.3 Å². The van der Waals surface area contributed by atoms with E-state index in [9.17, 15) is 12.3 Å². The van der Waals surface area contributed by atoms with Crippen LogP contribution in [0.2, 0.25) is 0 Å². The van der Waals surface area contributed by atoms with E-state index < -0.39 is 254 Å². The Morgan fingerprint density at radius 1 is 0.351 bits per heavy atom. The molecule has 12 aromatic rings. The molecule has 4 nitrogen and oxygen atoms in total. The smallest absolute Gasteiger partial charge is 0.164 e. The van der Waals surface area contributed by atoms with Crippen LogP contribution in [0.3, 0.4) is 0 Å². The number of thiophene rings is 2. The molecule has 0 saturated heterocycles. The van der Waals surface area contributed by atoms with Crippen molar-refractivity contribution in [3.8, 4) is 56.4 Å². The molecule has 0 radical (unpaired) electrons. The van der Waals surface area contributed by atoms with Crippen LogP contribution in [0.25, 0.3) is 119 Å². The molecule has 0 unspecified atom stereocenters. The van der Waals surface area contributed by atoms with Gasteiger partial charge in [-0.1, -0.05) is 121 Å². The van der Waals surface area contributed by atoms with Crippen molar-refractivity contribution >= 4 is 85.0 Å². The van der Waals surface area contributed by atoms with Crippen molar-refractivity contribution in [1.82, 2.24) is 15.0 Å². The summed E-state index contributed by atoms with van der Waals surface area (Å²) in [6.07, 6.45) is 0. The number of aromatic nitrogens is 3. The van der Waals surface area contributed by atoms with Crippen molar-refractivity contribution in [2.45, 2.75) is 0 Å². The molecule has 0 atom stereocenters. The summed E-state index contributed by atoms with van der Waals surface area (Å²) in [5.41, 5.74) is -6.05. The van der Waals surface area contributed by atoms with Crippen LogP contribution in [0.5, 0.6) is 0 Å². The zero-order valence-corrected chi connectivity index (χ0v) is 29.7. The van der Waals surface area contributed by atoms with Gasteiger partial charge in [0.25, 0.3) is 0 Å². The van der Waals surface area contributed by atoms with Gasteiger partial charge in [0.15, 0.2) is 17.5 Å². The van der Waals surface area contributed by atoms with Crippen LogP contribution < -0.4 is 0 Å². The number of benzene rings is 8. The van der Waals surface area contributed by atoms with Gasteiger partial charge in [-0.05, 0) is 76.6 Å². The molecule has 0 fully saturated rings. The minimum Gasteiger partial charge on any atom is -0.456 e. The van der Waals surface area contributed by atoms with E-state index in [0.717, 1.165) is 0 Å². The molecule has 0 amide bonds. The molecule has 8 aromatic carbocycles. The quantitative estimate of drug-likeness (QED) is 0.174. The SMILES string of the molecule is [2H]c1c([2H])c([2H])c(-c2nc(-c3c([2H])c([2H])c([2H])c([2H])c3[2H])nc(-c3c([2H])c([2H])c([2H])c4oc5c([2H])c(-c6c([2H])c(-c7c([2H])c([2H])c8sc9c([2H])c([2H])c([2H])c([2H])c9c8c7[2H])c7c(sc8c([2H])c([2H])c([2H])c([2H])c87)c6[2H])c([2H])c([2H])c5c34)n2)c([2H])c1[2H]. The maximum absolute atomic E-state index is 10.1. The van der Waals surface area contributed by atoms with Gasteiger partial charge in [-0.15, -0.1) is 22.7 Å². The Morgan fingerprint density at radius 2 is 0.982 bits per heavy atom. The standard InChI is InChI=1S/C51H29N3OS2/c1-3-12-30(13-4-1)49-52-50(31-14-5-2-6-15-31)54-51(53-49)38-18-11-19-41-47(38)36-24-22-32(28-42(36)55-41)34-27-39(48-37-17-8-10-21-44(37)57-46(48)29-34)33-23-25-45-40(26-33)35-16-7-9-20-43(35)56-45/h1-29H/i1D,2D,3D,4D,5D,6D,7D,8D,9D,10D,11D,12D,13D,14D,15D,16D,17D,18D,19D,20D,21D,22D,23D,24D,25D,26D,27D,28D,29D. The van der Waals surface area contributed by atoms with Crippen LogP contribution in [0.4, 0.5) is 0 Å². The molecule has 266 valence electrons. The summed E-state index contributed by atoms with van der Waals surface area (Å²) in [4.78, 5) is 13.0. The summed E-state index contributed by atoms with van der Waals surface area (Å²) in [6.45, 7) is 0. The number of furan rings is 1. The first kappa shape index (κ1) is 14.8. The third kappa shape index (κ3) is 5.30. The highest BCUT2D eigenvalue weighted by atomic mass is 32.1. The van der Waals surface area contributed by atoms with Crippen LogP contribution in [0, 0.1) is 0 Å². The first-order valence-corrected chi connectivity index (χ1v) is 18.2. The van der Waals surface area contributed by atoms with E-state index in [1.807, 2.05) is 0 Å². The average molecular weight is 793 g/mol. The first-order valence-electron chi connectivity index (χ1n) is 31.1. The molecule has 4 aromatic heterocycles. The second kappa shape index (κ2) is 12.8. The lowest BCUT2D eigenvalue weighted by atomic mass is 9.93. The molecular formula is C51H29N3OS2. The average Bonchev–Trinajstić information content (AvgIpc) is 1.49. The summed E-state index contributed by atoms with van der Waals surface area (Å²) >= 11 is 1.32. The van der Waals surface area contributed by atoms with E-state index in [4.69, 9.17) is 31.8 Å². The molecule has 4 heterocycles. The zero-order chi connectivity index (χ0) is 62.7. The molecule has 12 rings (SSSR count). The summed E-state index contributed by atoms with van der Waals surface area (Å²) in [7, 11) is 0. The molecule has 0 spiro atoms. The van der Waals surface area contributed by atoms with Gasteiger partial charge in [0.2, 0.25) is 0 Å².